The van der Waals surface area contributed by atoms with Crippen LogP contribution in [0.3, 0.4) is 0 Å². The highest BCUT2D eigenvalue weighted by Gasteiger charge is 2.30. The van der Waals surface area contributed by atoms with E-state index in [1.54, 1.807) is 4.90 Å². The molecule has 1 aromatic carbocycles. The van der Waals surface area contributed by atoms with Gasteiger partial charge in [0.15, 0.2) is 0 Å². The quantitative estimate of drug-likeness (QED) is 0.896. The molecule has 1 aliphatic heterocycles. The number of nitrogens with zero attached hydrogens (tertiary/aromatic N) is 2. The molecule has 1 N–H and O–H groups in total. The maximum atomic E-state index is 12.5. The van der Waals surface area contributed by atoms with E-state index in [-0.39, 0.29) is 24.2 Å². The van der Waals surface area contributed by atoms with E-state index in [0.29, 0.717) is 18.5 Å². The highest BCUT2D eigenvalue weighted by Crippen LogP contribution is 2.25. The zero-order chi connectivity index (χ0) is 19.1. The van der Waals surface area contributed by atoms with Gasteiger partial charge in [0.25, 0.3) is 5.56 Å². The first-order valence-electron chi connectivity index (χ1n) is 9.03. The molecular weight excluding hydrogens is 330 g/mol. The standard InChI is InChI=1S/C20H27N3O3/c1-13-8-6-7-9-15(13)14(2)23-17-10-11-22(12-16(17)18(24)21-23)19(25)26-20(3,4)5/h6-9,14H,10-12H2,1-5H3,(H,21,24). The molecule has 0 aliphatic carbocycles. The summed E-state index contributed by atoms with van der Waals surface area (Å²) in [5, 5.41) is 2.97. The molecule has 0 bridgehead atoms. The number of H-pyrrole nitrogens is 1. The predicted molar refractivity (Wildman–Crippen MR) is 100 cm³/mol. The van der Waals surface area contributed by atoms with Crippen LogP contribution in [0.2, 0.25) is 0 Å². The Morgan fingerprint density at radius 2 is 1.96 bits per heavy atom. The Kier molecular flexibility index (Phi) is 4.69. The number of amides is 1. The van der Waals surface area contributed by atoms with Gasteiger partial charge in [0.05, 0.1) is 18.2 Å². The van der Waals surface area contributed by atoms with Crippen LogP contribution in [0.1, 0.15) is 56.1 Å². The molecule has 1 unspecified atom stereocenters. The van der Waals surface area contributed by atoms with Gasteiger partial charge in [-0.15, -0.1) is 0 Å². The lowest BCUT2D eigenvalue weighted by molar-refractivity contribution is 0.0222. The molecule has 2 aromatic rings. The van der Waals surface area contributed by atoms with Gasteiger partial charge < -0.3 is 9.64 Å². The number of nitrogens with one attached hydrogen (secondary N) is 1. The SMILES string of the molecule is Cc1ccccc1C(C)n1[nH]c(=O)c2c1CCN(C(=O)OC(C)(C)C)C2. The number of carbonyl (C=O) groups is 1. The van der Waals surface area contributed by atoms with E-state index in [9.17, 15) is 9.59 Å². The molecular formula is C20H27N3O3. The van der Waals surface area contributed by atoms with Crippen LogP contribution in [0.15, 0.2) is 29.1 Å². The van der Waals surface area contributed by atoms with Crippen LogP contribution in [0, 0.1) is 6.92 Å². The van der Waals surface area contributed by atoms with Crippen molar-refractivity contribution in [1.29, 1.82) is 0 Å². The number of aryl methyl sites for hydroxylation is 1. The Balaban J connectivity index is 1.87. The zero-order valence-corrected chi connectivity index (χ0v) is 16.1. The van der Waals surface area contributed by atoms with Crippen molar-refractivity contribution in [2.24, 2.45) is 0 Å². The lowest BCUT2D eigenvalue weighted by atomic mass is 10.0. The number of fused-ring (bicyclic) bond motifs is 1. The number of ether oxygens (including phenoxy) is 1. The fourth-order valence-electron chi connectivity index (χ4n) is 3.47. The van der Waals surface area contributed by atoms with E-state index in [1.807, 2.05) is 37.6 Å². The molecule has 1 aliphatic rings. The van der Waals surface area contributed by atoms with Crippen LogP contribution in [-0.2, 0) is 17.7 Å². The Bertz CT molecular complexity index is 873. The van der Waals surface area contributed by atoms with Gasteiger partial charge in [-0.2, -0.15) is 0 Å². The maximum absolute atomic E-state index is 12.5. The Morgan fingerprint density at radius 1 is 1.27 bits per heavy atom. The third kappa shape index (κ3) is 3.54. The van der Waals surface area contributed by atoms with Gasteiger partial charge in [-0.1, -0.05) is 24.3 Å². The van der Waals surface area contributed by atoms with Crippen LogP contribution < -0.4 is 5.56 Å². The third-order valence-electron chi connectivity index (χ3n) is 4.78. The first-order chi connectivity index (χ1) is 12.2. The first-order valence-corrected chi connectivity index (χ1v) is 9.03. The smallest absolute Gasteiger partial charge is 0.410 e. The molecule has 6 nitrogen and oxygen atoms in total. The fraction of sp³-hybridized carbons (Fsp3) is 0.500. The molecule has 0 spiro atoms. The summed E-state index contributed by atoms with van der Waals surface area (Å²) in [6, 6.07) is 8.21. The van der Waals surface area contributed by atoms with Gasteiger partial charge in [-0.3, -0.25) is 14.6 Å². The number of rotatable bonds is 2. The molecule has 26 heavy (non-hydrogen) atoms. The third-order valence-corrected chi connectivity index (χ3v) is 4.78. The average molecular weight is 357 g/mol. The van der Waals surface area contributed by atoms with Crippen molar-refractivity contribution >= 4 is 6.09 Å². The van der Waals surface area contributed by atoms with E-state index in [4.69, 9.17) is 4.74 Å². The van der Waals surface area contributed by atoms with Crippen molar-refractivity contribution < 1.29 is 9.53 Å². The molecule has 1 aromatic heterocycles. The lowest BCUT2D eigenvalue weighted by Crippen LogP contribution is -2.41. The number of aromatic nitrogens is 2. The second kappa shape index (κ2) is 6.67. The van der Waals surface area contributed by atoms with Crippen LogP contribution >= 0.6 is 0 Å². The number of aromatic amines is 1. The van der Waals surface area contributed by atoms with Crippen molar-refractivity contribution in [2.75, 3.05) is 6.54 Å². The van der Waals surface area contributed by atoms with E-state index >= 15 is 0 Å². The summed E-state index contributed by atoms with van der Waals surface area (Å²) in [7, 11) is 0. The molecule has 140 valence electrons. The van der Waals surface area contributed by atoms with Gasteiger partial charge in [-0.25, -0.2) is 4.79 Å². The normalized spacial score (nSPS) is 15.5. The zero-order valence-electron chi connectivity index (χ0n) is 16.1. The van der Waals surface area contributed by atoms with Gasteiger partial charge in [0.2, 0.25) is 0 Å². The van der Waals surface area contributed by atoms with Crippen molar-refractivity contribution in [3.63, 3.8) is 0 Å². The second-order valence-corrected chi connectivity index (χ2v) is 7.92. The van der Waals surface area contributed by atoms with E-state index < -0.39 is 5.60 Å². The average Bonchev–Trinajstić information content (AvgIpc) is 2.89. The summed E-state index contributed by atoms with van der Waals surface area (Å²) in [5.74, 6) is 0. The molecule has 0 fully saturated rings. The summed E-state index contributed by atoms with van der Waals surface area (Å²) in [5.41, 5.74) is 3.32. The monoisotopic (exact) mass is 357 g/mol. The summed E-state index contributed by atoms with van der Waals surface area (Å²) >= 11 is 0. The highest BCUT2D eigenvalue weighted by atomic mass is 16.6. The summed E-state index contributed by atoms with van der Waals surface area (Å²) in [6.45, 7) is 10.5. The largest absolute Gasteiger partial charge is 0.444 e. The molecule has 0 saturated carbocycles. The Labute approximate surface area is 153 Å². The second-order valence-electron chi connectivity index (χ2n) is 7.92. The van der Waals surface area contributed by atoms with Crippen molar-refractivity contribution in [1.82, 2.24) is 14.7 Å². The number of carbonyl (C=O) groups excluding carboxylic acids is 1. The van der Waals surface area contributed by atoms with Gasteiger partial charge in [0, 0.05) is 18.7 Å². The van der Waals surface area contributed by atoms with Crippen LogP contribution in [-0.4, -0.2) is 32.9 Å². The molecule has 0 saturated heterocycles. The van der Waals surface area contributed by atoms with Crippen LogP contribution in [0.5, 0.6) is 0 Å². The number of hydrogen-bond acceptors (Lipinski definition) is 3. The summed E-state index contributed by atoms with van der Waals surface area (Å²) < 4.78 is 7.39. The van der Waals surface area contributed by atoms with Crippen LogP contribution in [0.4, 0.5) is 4.79 Å². The van der Waals surface area contributed by atoms with Crippen molar-refractivity contribution in [2.45, 2.75) is 59.2 Å². The van der Waals surface area contributed by atoms with Crippen LogP contribution in [0.25, 0.3) is 0 Å². The summed E-state index contributed by atoms with van der Waals surface area (Å²) in [4.78, 5) is 26.4. The molecule has 3 rings (SSSR count). The minimum Gasteiger partial charge on any atom is -0.444 e. The molecule has 0 radical (unpaired) electrons. The van der Waals surface area contributed by atoms with Gasteiger partial charge in [0.1, 0.15) is 5.60 Å². The number of benzene rings is 1. The molecule has 1 amide bonds. The van der Waals surface area contributed by atoms with E-state index in [2.05, 4.69) is 31.1 Å². The molecule has 6 heteroatoms. The van der Waals surface area contributed by atoms with Gasteiger partial charge >= 0.3 is 6.09 Å². The lowest BCUT2D eigenvalue weighted by Gasteiger charge is -2.30. The number of hydrogen-bond donors (Lipinski definition) is 1. The van der Waals surface area contributed by atoms with Crippen molar-refractivity contribution in [3.8, 4) is 0 Å². The van der Waals surface area contributed by atoms with Gasteiger partial charge in [-0.05, 0) is 45.7 Å². The Morgan fingerprint density at radius 3 is 2.62 bits per heavy atom. The minimum absolute atomic E-state index is 0.0285. The first kappa shape index (κ1) is 18.3. The predicted octanol–water partition coefficient (Wildman–Crippen LogP) is 3.39. The molecule has 1 atom stereocenters. The maximum Gasteiger partial charge on any atom is 0.410 e. The van der Waals surface area contributed by atoms with E-state index in [0.717, 1.165) is 5.69 Å². The topological polar surface area (TPSA) is 67.3 Å². The highest BCUT2D eigenvalue weighted by molar-refractivity contribution is 5.68. The summed E-state index contributed by atoms with van der Waals surface area (Å²) in [6.07, 6.45) is 0.256. The van der Waals surface area contributed by atoms with E-state index in [1.165, 1.54) is 11.1 Å². The fourth-order valence-corrected chi connectivity index (χ4v) is 3.47. The Hall–Kier alpha value is -2.50. The van der Waals surface area contributed by atoms with Crippen molar-refractivity contribution in [3.05, 3.63) is 57.0 Å². The minimum atomic E-state index is -0.547. The molecule has 2 heterocycles.